The summed E-state index contributed by atoms with van der Waals surface area (Å²) in [4.78, 5) is 8.84. The molecule has 0 unspecified atom stereocenters. The third kappa shape index (κ3) is 2.42. The molecule has 0 saturated heterocycles. The third-order valence-corrected chi connectivity index (χ3v) is 4.11. The number of aryl methyl sites for hydroxylation is 2. The number of pyridine rings is 1. The largest absolute Gasteiger partial charge is 0.264 e. The first kappa shape index (κ1) is 12.1. The van der Waals surface area contributed by atoms with E-state index in [1.807, 2.05) is 18.3 Å². The maximum atomic E-state index is 4.70. The molecule has 2 aromatic heterocycles. The second-order valence-corrected chi connectivity index (χ2v) is 5.44. The Morgan fingerprint density at radius 2 is 1.89 bits per heavy atom. The van der Waals surface area contributed by atoms with Crippen molar-refractivity contribution in [2.24, 2.45) is 0 Å². The summed E-state index contributed by atoms with van der Waals surface area (Å²) >= 11 is 1.66. The van der Waals surface area contributed by atoms with Crippen LogP contribution in [0.25, 0.3) is 21.8 Å². The maximum Gasteiger partial charge on any atom is 0.125 e. The number of aromatic nitrogens is 2. The first-order valence-corrected chi connectivity index (χ1v) is 7.05. The molecule has 0 saturated carbocycles. The van der Waals surface area contributed by atoms with E-state index >= 15 is 0 Å². The number of hydrogen-bond donors (Lipinski definition) is 0. The monoisotopic (exact) mass is 266 g/mol. The quantitative estimate of drug-likeness (QED) is 0.683. The molecule has 19 heavy (non-hydrogen) atoms. The fraction of sp³-hybridized carbons (Fsp3) is 0.125. The van der Waals surface area contributed by atoms with E-state index in [1.54, 1.807) is 17.5 Å². The lowest BCUT2D eigenvalue weighted by atomic mass is 10.1. The molecule has 3 aromatic rings. The number of hydrogen-bond acceptors (Lipinski definition) is 3. The molecular weight excluding hydrogens is 252 g/mol. The Balaban J connectivity index is 1.99. The van der Waals surface area contributed by atoms with Crippen molar-refractivity contribution >= 4 is 11.3 Å². The van der Waals surface area contributed by atoms with Gasteiger partial charge in [-0.05, 0) is 43.2 Å². The molecule has 0 aliphatic carbocycles. The summed E-state index contributed by atoms with van der Waals surface area (Å²) in [6.07, 6.45) is 3.63. The smallest absolute Gasteiger partial charge is 0.125 e. The fourth-order valence-electron chi connectivity index (χ4n) is 1.93. The van der Waals surface area contributed by atoms with Gasteiger partial charge in [0.1, 0.15) is 5.01 Å². The van der Waals surface area contributed by atoms with Gasteiger partial charge >= 0.3 is 0 Å². The second kappa shape index (κ2) is 4.94. The molecular formula is C16H14N2S. The summed E-state index contributed by atoms with van der Waals surface area (Å²) in [5, 5.41) is 3.12. The summed E-state index contributed by atoms with van der Waals surface area (Å²) in [7, 11) is 0. The van der Waals surface area contributed by atoms with Crippen molar-refractivity contribution < 1.29 is 0 Å². The average Bonchev–Trinajstić information content (AvgIpc) is 2.93. The Kier molecular flexibility index (Phi) is 3.13. The van der Waals surface area contributed by atoms with Crippen molar-refractivity contribution in [3.8, 4) is 21.8 Å². The average molecular weight is 266 g/mol. The SMILES string of the molecule is Cc1ccc(-c2csc(-c3cccnc3)n2)cc1C. The van der Waals surface area contributed by atoms with Gasteiger partial charge in [0.05, 0.1) is 5.69 Å². The molecule has 3 heteroatoms. The Morgan fingerprint density at radius 3 is 2.63 bits per heavy atom. The lowest BCUT2D eigenvalue weighted by Gasteiger charge is -2.02. The van der Waals surface area contributed by atoms with E-state index in [2.05, 4.69) is 42.4 Å². The maximum absolute atomic E-state index is 4.70. The lowest BCUT2D eigenvalue weighted by Crippen LogP contribution is -1.84. The minimum absolute atomic E-state index is 1.02. The van der Waals surface area contributed by atoms with Crippen LogP contribution in [0, 0.1) is 13.8 Å². The number of thiazole rings is 1. The van der Waals surface area contributed by atoms with Crippen LogP contribution in [0.15, 0.2) is 48.1 Å². The van der Waals surface area contributed by atoms with Gasteiger partial charge < -0.3 is 0 Å². The van der Waals surface area contributed by atoms with Crippen LogP contribution in [0.2, 0.25) is 0 Å². The van der Waals surface area contributed by atoms with E-state index in [9.17, 15) is 0 Å². The Hall–Kier alpha value is -2.00. The van der Waals surface area contributed by atoms with Gasteiger partial charge in [-0.25, -0.2) is 4.98 Å². The summed E-state index contributed by atoms with van der Waals surface area (Å²) in [6, 6.07) is 10.4. The van der Waals surface area contributed by atoms with Gasteiger partial charge in [0, 0.05) is 28.9 Å². The van der Waals surface area contributed by atoms with E-state index in [1.165, 1.54) is 16.7 Å². The van der Waals surface area contributed by atoms with Crippen molar-refractivity contribution in [2.75, 3.05) is 0 Å². The van der Waals surface area contributed by atoms with Crippen LogP contribution in [0.1, 0.15) is 11.1 Å². The van der Waals surface area contributed by atoms with Crippen molar-refractivity contribution in [3.63, 3.8) is 0 Å². The van der Waals surface area contributed by atoms with Gasteiger partial charge in [-0.1, -0.05) is 12.1 Å². The van der Waals surface area contributed by atoms with Crippen LogP contribution in [0.4, 0.5) is 0 Å². The topological polar surface area (TPSA) is 25.8 Å². The van der Waals surface area contributed by atoms with E-state index in [0.29, 0.717) is 0 Å². The lowest BCUT2D eigenvalue weighted by molar-refractivity contribution is 1.30. The van der Waals surface area contributed by atoms with Gasteiger partial charge in [-0.3, -0.25) is 4.98 Å². The van der Waals surface area contributed by atoms with Crippen LogP contribution in [0.5, 0.6) is 0 Å². The molecule has 0 spiro atoms. The zero-order valence-electron chi connectivity index (χ0n) is 10.9. The number of benzene rings is 1. The molecule has 3 rings (SSSR count). The van der Waals surface area contributed by atoms with Crippen LogP contribution in [-0.4, -0.2) is 9.97 Å². The Bertz CT molecular complexity index is 702. The first-order chi connectivity index (χ1) is 9.24. The van der Waals surface area contributed by atoms with Crippen molar-refractivity contribution in [1.29, 1.82) is 0 Å². The second-order valence-electron chi connectivity index (χ2n) is 4.58. The molecule has 1 aromatic carbocycles. The summed E-state index contributed by atoms with van der Waals surface area (Å²) in [6.45, 7) is 4.26. The van der Waals surface area contributed by atoms with E-state index in [0.717, 1.165) is 16.3 Å². The first-order valence-electron chi connectivity index (χ1n) is 6.17. The van der Waals surface area contributed by atoms with Gasteiger partial charge in [-0.15, -0.1) is 11.3 Å². The minimum atomic E-state index is 1.02. The Morgan fingerprint density at radius 1 is 1.00 bits per heavy atom. The van der Waals surface area contributed by atoms with Gasteiger partial charge in [0.15, 0.2) is 0 Å². The highest BCUT2D eigenvalue weighted by Crippen LogP contribution is 2.29. The Labute approximate surface area is 116 Å². The van der Waals surface area contributed by atoms with Crippen molar-refractivity contribution in [3.05, 3.63) is 59.2 Å². The molecule has 0 aliphatic heterocycles. The van der Waals surface area contributed by atoms with E-state index < -0.39 is 0 Å². The van der Waals surface area contributed by atoms with E-state index in [4.69, 9.17) is 4.98 Å². The molecule has 2 nitrogen and oxygen atoms in total. The molecule has 0 fully saturated rings. The molecule has 2 heterocycles. The predicted octanol–water partition coefficient (Wildman–Crippen LogP) is 4.49. The number of nitrogens with zero attached hydrogens (tertiary/aromatic N) is 2. The molecule has 0 atom stereocenters. The van der Waals surface area contributed by atoms with Gasteiger partial charge in [0.2, 0.25) is 0 Å². The number of rotatable bonds is 2. The van der Waals surface area contributed by atoms with Crippen LogP contribution in [-0.2, 0) is 0 Å². The summed E-state index contributed by atoms with van der Waals surface area (Å²) in [5.41, 5.74) is 5.89. The highest BCUT2D eigenvalue weighted by molar-refractivity contribution is 7.13. The minimum Gasteiger partial charge on any atom is -0.264 e. The molecule has 0 N–H and O–H groups in total. The molecule has 0 aliphatic rings. The third-order valence-electron chi connectivity index (χ3n) is 3.22. The standard InChI is InChI=1S/C16H14N2S/c1-11-5-6-13(8-12(11)2)15-10-19-16(18-15)14-4-3-7-17-9-14/h3-10H,1-2H3. The van der Waals surface area contributed by atoms with Crippen molar-refractivity contribution in [1.82, 2.24) is 9.97 Å². The van der Waals surface area contributed by atoms with Crippen LogP contribution in [0.3, 0.4) is 0 Å². The normalized spacial score (nSPS) is 10.6. The summed E-state index contributed by atoms with van der Waals surface area (Å²) < 4.78 is 0. The van der Waals surface area contributed by atoms with Crippen LogP contribution < -0.4 is 0 Å². The molecule has 94 valence electrons. The molecule has 0 radical (unpaired) electrons. The van der Waals surface area contributed by atoms with Gasteiger partial charge in [0.25, 0.3) is 0 Å². The van der Waals surface area contributed by atoms with Crippen molar-refractivity contribution in [2.45, 2.75) is 13.8 Å². The predicted molar refractivity (Wildman–Crippen MR) is 80.3 cm³/mol. The zero-order valence-corrected chi connectivity index (χ0v) is 11.7. The van der Waals surface area contributed by atoms with Crippen LogP contribution >= 0.6 is 11.3 Å². The fourth-order valence-corrected chi connectivity index (χ4v) is 2.75. The highest BCUT2D eigenvalue weighted by atomic mass is 32.1. The zero-order chi connectivity index (χ0) is 13.2. The summed E-state index contributed by atoms with van der Waals surface area (Å²) in [5.74, 6) is 0. The molecule has 0 bridgehead atoms. The van der Waals surface area contributed by atoms with E-state index in [-0.39, 0.29) is 0 Å². The molecule has 0 amide bonds. The highest BCUT2D eigenvalue weighted by Gasteiger charge is 2.07. The van der Waals surface area contributed by atoms with Gasteiger partial charge in [-0.2, -0.15) is 0 Å².